The van der Waals surface area contributed by atoms with E-state index in [4.69, 9.17) is 18.1 Å². The van der Waals surface area contributed by atoms with Gasteiger partial charge in [-0.05, 0) is 55.8 Å². The summed E-state index contributed by atoms with van der Waals surface area (Å²) in [6.07, 6.45) is 2.81. The van der Waals surface area contributed by atoms with Crippen LogP contribution in [0.1, 0.15) is 29.8 Å². The van der Waals surface area contributed by atoms with Gasteiger partial charge in [0.25, 0.3) is 0 Å². The van der Waals surface area contributed by atoms with Crippen LogP contribution in [0, 0.1) is 0 Å². The van der Waals surface area contributed by atoms with Gasteiger partial charge in [0.05, 0.1) is 29.4 Å². The van der Waals surface area contributed by atoms with Gasteiger partial charge < -0.3 is 23.2 Å². The Balaban J connectivity index is 2.28. The molecule has 0 aromatic heterocycles. The molecule has 0 radical (unpaired) electrons. The lowest BCUT2D eigenvalue weighted by Crippen LogP contribution is -2.12. The Bertz CT molecular complexity index is 1010. The van der Waals surface area contributed by atoms with Crippen molar-refractivity contribution in [1.82, 2.24) is 0 Å². The van der Waals surface area contributed by atoms with Gasteiger partial charge in [0.2, 0.25) is 0 Å². The quantitative estimate of drug-likeness (QED) is 0.296. The second kappa shape index (κ2) is 11.0. The molecule has 31 heavy (non-hydrogen) atoms. The monoisotopic (exact) mass is 468 g/mol. The molecule has 0 aliphatic carbocycles. The third-order valence-corrected chi connectivity index (χ3v) is 8.28. The Morgan fingerprint density at radius 1 is 0.903 bits per heavy atom. The molecule has 168 valence electrons. The fraction of sp³-hybridized carbons (Fsp3) is 0.286. The van der Waals surface area contributed by atoms with Crippen molar-refractivity contribution in [2.75, 3.05) is 27.4 Å². The lowest BCUT2D eigenvalue weighted by molar-refractivity contribution is 0.104. The molecule has 0 saturated heterocycles. The highest BCUT2D eigenvalue weighted by Crippen LogP contribution is 2.47. The summed E-state index contributed by atoms with van der Waals surface area (Å²) >= 11 is 0. The van der Waals surface area contributed by atoms with Crippen LogP contribution in [0.3, 0.4) is 0 Å². The molecular weight excluding hydrogens is 442 g/mol. The Labute approximate surface area is 181 Å². The topological polar surface area (TPSA) is 108 Å². The van der Waals surface area contributed by atoms with E-state index >= 15 is 0 Å². The number of carbonyl (C=O) groups excluding carboxylic acids is 1. The number of aromatic hydroxyl groups is 1. The van der Waals surface area contributed by atoms with Crippen LogP contribution in [-0.4, -0.2) is 38.3 Å². The fourth-order valence-electron chi connectivity index (χ4n) is 2.73. The number of ketones is 1. The Morgan fingerprint density at radius 3 is 1.97 bits per heavy atom. The SMILES string of the molecule is CCOP(=O)(OCC)c1ccc(O)c(C(=O)/C=C/c2ccc(P(=O)(OC)OC)cc2)c1. The van der Waals surface area contributed by atoms with Crippen LogP contribution >= 0.6 is 15.2 Å². The van der Waals surface area contributed by atoms with Crippen molar-refractivity contribution in [2.45, 2.75) is 13.8 Å². The van der Waals surface area contributed by atoms with Crippen molar-refractivity contribution in [1.29, 1.82) is 0 Å². The van der Waals surface area contributed by atoms with Crippen LogP contribution in [-0.2, 0) is 27.2 Å². The van der Waals surface area contributed by atoms with E-state index in [1.807, 2.05) is 0 Å². The van der Waals surface area contributed by atoms with E-state index in [0.717, 1.165) is 0 Å². The molecule has 2 aromatic carbocycles. The number of benzene rings is 2. The van der Waals surface area contributed by atoms with Crippen LogP contribution < -0.4 is 10.6 Å². The molecule has 0 aliphatic rings. The van der Waals surface area contributed by atoms with E-state index in [0.29, 0.717) is 10.9 Å². The summed E-state index contributed by atoms with van der Waals surface area (Å²) < 4.78 is 45.8. The second-order valence-electron chi connectivity index (χ2n) is 6.19. The molecule has 1 N–H and O–H groups in total. The first-order valence-electron chi connectivity index (χ1n) is 9.50. The highest BCUT2D eigenvalue weighted by molar-refractivity contribution is 7.62. The van der Waals surface area contributed by atoms with Crippen molar-refractivity contribution < 1.29 is 37.1 Å². The number of hydrogen-bond donors (Lipinski definition) is 1. The van der Waals surface area contributed by atoms with Gasteiger partial charge in [0, 0.05) is 14.2 Å². The van der Waals surface area contributed by atoms with E-state index in [1.165, 1.54) is 44.6 Å². The molecule has 0 bridgehead atoms. The summed E-state index contributed by atoms with van der Waals surface area (Å²) in [6, 6.07) is 10.5. The second-order valence-corrected chi connectivity index (χ2v) is 10.5. The zero-order valence-electron chi connectivity index (χ0n) is 17.8. The lowest BCUT2D eigenvalue weighted by atomic mass is 10.1. The molecular formula is C21H26O8P2. The van der Waals surface area contributed by atoms with E-state index in [9.17, 15) is 19.0 Å². The largest absolute Gasteiger partial charge is 0.507 e. The van der Waals surface area contributed by atoms with Crippen LogP contribution in [0.15, 0.2) is 48.5 Å². The van der Waals surface area contributed by atoms with E-state index in [2.05, 4.69) is 0 Å². The van der Waals surface area contributed by atoms with Gasteiger partial charge in [-0.1, -0.05) is 18.2 Å². The maximum absolute atomic E-state index is 12.9. The molecule has 0 amide bonds. The van der Waals surface area contributed by atoms with Crippen LogP contribution in [0.25, 0.3) is 6.08 Å². The summed E-state index contributed by atoms with van der Waals surface area (Å²) in [5, 5.41) is 10.7. The molecule has 2 aromatic rings. The van der Waals surface area contributed by atoms with Gasteiger partial charge in [-0.25, -0.2) is 0 Å². The molecule has 0 atom stereocenters. The maximum Gasteiger partial charge on any atom is 0.361 e. The molecule has 0 spiro atoms. The smallest absolute Gasteiger partial charge is 0.361 e. The number of allylic oxidation sites excluding steroid dienone is 1. The molecule has 0 aliphatic heterocycles. The predicted molar refractivity (Wildman–Crippen MR) is 120 cm³/mol. The minimum absolute atomic E-state index is 0.0340. The molecule has 0 fully saturated rings. The summed E-state index contributed by atoms with van der Waals surface area (Å²) in [5.41, 5.74) is 0.620. The summed E-state index contributed by atoms with van der Waals surface area (Å²) in [7, 11) is -4.36. The Kier molecular flexibility index (Phi) is 8.95. The molecule has 0 heterocycles. The number of carbonyl (C=O) groups is 1. The van der Waals surface area contributed by atoms with Gasteiger partial charge in [-0.2, -0.15) is 0 Å². The van der Waals surface area contributed by atoms with Gasteiger partial charge in [-0.15, -0.1) is 0 Å². The average molecular weight is 468 g/mol. The number of rotatable bonds is 11. The minimum Gasteiger partial charge on any atom is -0.507 e. The van der Waals surface area contributed by atoms with Gasteiger partial charge >= 0.3 is 15.2 Å². The highest BCUT2D eigenvalue weighted by atomic mass is 31.2. The Morgan fingerprint density at radius 2 is 1.45 bits per heavy atom. The fourth-order valence-corrected chi connectivity index (χ4v) is 5.41. The maximum atomic E-state index is 12.9. The van der Waals surface area contributed by atoms with E-state index < -0.39 is 21.0 Å². The molecule has 2 rings (SSSR count). The normalized spacial score (nSPS) is 12.4. The van der Waals surface area contributed by atoms with Crippen LogP contribution in [0.4, 0.5) is 0 Å². The van der Waals surface area contributed by atoms with Crippen molar-refractivity contribution in [3.63, 3.8) is 0 Å². The van der Waals surface area contributed by atoms with E-state index in [-0.39, 0.29) is 29.8 Å². The zero-order valence-corrected chi connectivity index (χ0v) is 19.6. The molecule has 0 unspecified atom stereocenters. The third-order valence-electron chi connectivity index (χ3n) is 4.28. The molecule has 10 heteroatoms. The standard InChI is InChI=1S/C21H26O8P2/c1-5-28-31(25,29-6-2)18-12-14-21(23)19(15-18)20(22)13-9-16-7-10-17(11-8-16)30(24,26-3)27-4/h7-15,23H,5-6H2,1-4H3/b13-9+. The van der Waals surface area contributed by atoms with Crippen molar-refractivity contribution in [2.24, 2.45) is 0 Å². The predicted octanol–water partition coefficient (Wildman–Crippen LogP) is 4.29. The number of phenolic OH excluding ortho intramolecular Hbond substituents is 1. The summed E-state index contributed by atoms with van der Waals surface area (Å²) in [5.74, 6) is -0.753. The van der Waals surface area contributed by atoms with Crippen molar-refractivity contribution in [3.8, 4) is 5.75 Å². The van der Waals surface area contributed by atoms with Gasteiger partial charge in [0.1, 0.15) is 5.75 Å². The molecule has 0 saturated carbocycles. The highest BCUT2D eigenvalue weighted by Gasteiger charge is 2.28. The zero-order chi connectivity index (χ0) is 23.1. The Hall–Kier alpha value is -2.05. The van der Waals surface area contributed by atoms with Crippen molar-refractivity contribution in [3.05, 3.63) is 59.7 Å². The lowest BCUT2D eigenvalue weighted by Gasteiger charge is -2.17. The third kappa shape index (κ3) is 6.01. The first-order chi connectivity index (χ1) is 14.7. The van der Waals surface area contributed by atoms with Gasteiger partial charge in [0.15, 0.2) is 5.78 Å². The summed E-state index contributed by atoms with van der Waals surface area (Å²) in [4.78, 5) is 12.6. The minimum atomic E-state index is -3.60. The summed E-state index contributed by atoms with van der Waals surface area (Å²) in [6.45, 7) is 3.70. The average Bonchev–Trinajstić information content (AvgIpc) is 2.77. The first-order valence-corrected chi connectivity index (χ1v) is 12.6. The molecule has 8 nitrogen and oxygen atoms in total. The number of phenols is 1. The number of hydrogen-bond acceptors (Lipinski definition) is 8. The van der Waals surface area contributed by atoms with Crippen molar-refractivity contribution >= 4 is 37.7 Å². The van der Waals surface area contributed by atoms with Crippen LogP contribution in [0.2, 0.25) is 0 Å². The van der Waals surface area contributed by atoms with Crippen LogP contribution in [0.5, 0.6) is 5.75 Å². The first kappa shape index (κ1) is 25.2. The van der Waals surface area contributed by atoms with Gasteiger partial charge in [-0.3, -0.25) is 13.9 Å². The van der Waals surface area contributed by atoms with E-state index in [1.54, 1.807) is 38.1 Å².